The van der Waals surface area contributed by atoms with Gasteiger partial charge in [0.2, 0.25) is 5.89 Å². The first kappa shape index (κ1) is 13.9. The number of rotatable bonds is 3. The number of carbonyl (C=O) groups is 1. The van der Waals surface area contributed by atoms with Gasteiger partial charge in [0.1, 0.15) is 0 Å². The molecule has 0 fully saturated rings. The number of aromatic nitrogens is 2. The number of aryl methyl sites for hydroxylation is 1. The number of nitrogens with zero attached hydrogens (tertiary/aromatic N) is 2. The van der Waals surface area contributed by atoms with Crippen molar-refractivity contribution in [1.82, 2.24) is 15.5 Å². The van der Waals surface area contributed by atoms with Gasteiger partial charge in [-0.25, -0.2) is 0 Å². The zero-order valence-electron chi connectivity index (χ0n) is 10.8. The van der Waals surface area contributed by atoms with Gasteiger partial charge in [0.15, 0.2) is 5.82 Å². The molecule has 2 rings (SSSR count). The van der Waals surface area contributed by atoms with Crippen LogP contribution >= 0.6 is 0 Å². The third-order valence-corrected chi connectivity index (χ3v) is 2.01. The summed E-state index contributed by atoms with van der Waals surface area (Å²) in [6, 6.07) is 8.98. The predicted molar refractivity (Wildman–Crippen MR) is 68.0 cm³/mol. The van der Waals surface area contributed by atoms with E-state index in [1.165, 1.54) is 0 Å². The molecule has 0 atom stereocenters. The lowest BCUT2D eigenvalue weighted by Crippen LogP contribution is -2.23. The van der Waals surface area contributed by atoms with Crippen molar-refractivity contribution < 1.29 is 9.32 Å². The monoisotopic (exact) mass is 247 g/mol. The van der Waals surface area contributed by atoms with Gasteiger partial charge in [-0.3, -0.25) is 4.79 Å². The van der Waals surface area contributed by atoms with Crippen LogP contribution in [0.5, 0.6) is 0 Å². The third kappa shape index (κ3) is 4.01. The minimum atomic E-state index is -0.150. The Balaban J connectivity index is 0.000000771. The Morgan fingerprint density at radius 3 is 2.50 bits per heavy atom. The number of nitrogens with one attached hydrogen (secondary N) is 1. The van der Waals surface area contributed by atoms with Crippen molar-refractivity contribution in [3.63, 3.8) is 0 Å². The summed E-state index contributed by atoms with van der Waals surface area (Å²) in [6.07, 6.45) is 0. The van der Waals surface area contributed by atoms with Crippen molar-refractivity contribution in [2.24, 2.45) is 0 Å². The molecule has 1 aromatic carbocycles. The zero-order chi connectivity index (χ0) is 13.4. The minimum Gasteiger partial charge on any atom is -0.345 e. The lowest BCUT2D eigenvalue weighted by atomic mass is 10.2. The summed E-state index contributed by atoms with van der Waals surface area (Å²) in [5.74, 6) is 0.814. The Morgan fingerprint density at radius 1 is 1.28 bits per heavy atom. The Hall–Kier alpha value is -2.17. The summed E-state index contributed by atoms with van der Waals surface area (Å²) in [6.45, 7) is 5.97. The van der Waals surface area contributed by atoms with Crippen LogP contribution in [-0.4, -0.2) is 16.0 Å². The molecule has 0 saturated carbocycles. The Labute approximate surface area is 106 Å². The van der Waals surface area contributed by atoms with Crippen molar-refractivity contribution >= 4 is 5.91 Å². The lowest BCUT2D eigenvalue weighted by Gasteiger charge is -2.01. The molecule has 1 N–H and O–H groups in total. The van der Waals surface area contributed by atoms with Crippen LogP contribution in [0.25, 0.3) is 0 Å². The summed E-state index contributed by atoms with van der Waals surface area (Å²) < 4.78 is 4.79. The SMILES string of the molecule is CC.Cc1nc(CNC(=O)c2ccccc2)no1. The Kier molecular flexibility index (Phi) is 5.57. The molecule has 96 valence electrons. The molecule has 1 heterocycles. The first-order chi connectivity index (χ1) is 8.75. The summed E-state index contributed by atoms with van der Waals surface area (Å²) in [5, 5.41) is 6.39. The van der Waals surface area contributed by atoms with Crippen molar-refractivity contribution in [2.45, 2.75) is 27.3 Å². The van der Waals surface area contributed by atoms with Crippen LogP contribution < -0.4 is 5.32 Å². The molecule has 1 amide bonds. The van der Waals surface area contributed by atoms with E-state index in [-0.39, 0.29) is 12.5 Å². The fourth-order valence-electron chi connectivity index (χ4n) is 1.26. The van der Waals surface area contributed by atoms with Gasteiger partial charge in [-0.2, -0.15) is 4.98 Å². The highest BCUT2D eigenvalue weighted by Gasteiger charge is 2.06. The van der Waals surface area contributed by atoms with Crippen LogP contribution in [0.1, 0.15) is 35.9 Å². The molecule has 0 radical (unpaired) electrons. The quantitative estimate of drug-likeness (QED) is 0.903. The van der Waals surface area contributed by atoms with Crippen molar-refractivity contribution in [3.8, 4) is 0 Å². The number of hydrogen-bond donors (Lipinski definition) is 1. The molecule has 5 nitrogen and oxygen atoms in total. The van der Waals surface area contributed by atoms with Crippen LogP contribution in [0, 0.1) is 6.92 Å². The molecule has 0 bridgehead atoms. The summed E-state index contributed by atoms with van der Waals surface area (Å²) in [5.41, 5.74) is 0.614. The highest BCUT2D eigenvalue weighted by atomic mass is 16.5. The van der Waals surface area contributed by atoms with E-state index in [0.29, 0.717) is 17.3 Å². The van der Waals surface area contributed by atoms with E-state index in [2.05, 4.69) is 15.5 Å². The fourth-order valence-corrected chi connectivity index (χ4v) is 1.26. The van der Waals surface area contributed by atoms with Gasteiger partial charge in [0.05, 0.1) is 6.54 Å². The minimum absolute atomic E-state index is 0.150. The molecule has 0 unspecified atom stereocenters. The summed E-state index contributed by atoms with van der Waals surface area (Å²) in [4.78, 5) is 15.6. The second-order valence-corrected chi connectivity index (χ2v) is 3.28. The van der Waals surface area contributed by atoms with Crippen LogP contribution in [0.4, 0.5) is 0 Å². The normalized spacial score (nSPS) is 9.28. The van der Waals surface area contributed by atoms with Crippen molar-refractivity contribution in [2.75, 3.05) is 0 Å². The average molecular weight is 247 g/mol. The molecule has 0 aliphatic carbocycles. The molecule has 0 saturated heterocycles. The van der Waals surface area contributed by atoms with E-state index in [0.717, 1.165) is 0 Å². The lowest BCUT2D eigenvalue weighted by molar-refractivity contribution is 0.0949. The Bertz CT molecular complexity index is 480. The molecule has 0 aliphatic heterocycles. The molecule has 0 aliphatic rings. The van der Waals surface area contributed by atoms with E-state index in [1.807, 2.05) is 32.0 Å². The van der Waals surface area contributed by atoms with Gasteiger partial charge >= 0.3 is 0 Å². The van der Waals surface area contributed by atoms with Gasteiger partial charge < -0.3 is 9.84 Å². The highest BCUT2D eigenvalue weighted by molar-refractivity contribution is 5.93. The van der Waals surface area contributed by atoms with Crippen LogP contribution in [0.2, 0.25) is 0 Å². The zero-order valence-corrected chi connectivity index (χ0v) is 10.8. The molecular weight excluding hydrogens is 230 g/mol. The average Bonchev–Trinajstić information content (AvgIpc) is 2.85. The number of benzene rings is 1. The standard InChI is InChI=1S/C11H11N3O2.C2H6/c1-8-13-10(14-16-8)7-12-11(15)9-5-3-2-4-6-9;1-2/h2-6H,7H2,1H3,(H,12,15);1-2H3. The molecule has 18 heavy (non-hydrogen) atoms. The van der Waals surface area contributed by atoms with Gasteiger partial charge in [-0.05, 0) is 12.1 Å². The Morgan fingerprint density at radius 2 is 1.94 bits per heavy atom. The first-order valence-electron chi connectivity index (χ1n) is 5.88. The first-order valence-corrected chi connectivity index (χ1v) is 5.88. The van der Waals surface area contributed by atoms with E-state index >= 15 is 0 Å². The highest BCUT2D eigenvalue weighted by Crippen LogP contribution is 1.99. The molecule has 1 aromatic heterocycles. The maximum Gasteiger partial charge on any atom is 0.251 e. The van der Waals surface area contributed by atoms with Crippen LogP contribution in [0.15, 0.2) is 34.9 Å². The van der Waals surface area contributed by atoms with E-state index in [1.54, 1.807) is 19.1 Å². The van der Waals surface area contributed by atoms with Crippen LogP contribution in [-0.2, 0) is 6.54 Å². The van der Waals surface area contributed by atoms with E-state index in [4.69, 9.17) is 4.52 Å². The smallest absolute Gasteiger partial charge is 0.251 e. The number of hydrogen-bond acceptors (Lipinski definition) is 4. The maximum absolute atomic E-state index is 11.6. The summed E-state index contributed by atoms with van der Waals surface area (Å²) >= 11 is 0. The maximum atomic E-state index is 11.6. The third-order valence-electron chi connectivity index (χ3n) is 2.01. The topological polar surface area (TPSA) is 68.0 Å². The predicted octanol–water partition coefficient (Wildman–Crippen LogP) is 2.33. The van der Waals surface area contributed by atoms with Crippen LogP contribution in [0.3, 0.4) is 0 Å². The van der Waals surface area contributed by atoms with Gasteiger partial charge in [0, 0.05) is 12.5 Å². The number of carbonyl (C=O) groups excluding carboxylic acids is 1. The van der Waals surface area contributed by atoms with Gasteiger partial charge in [-0.1, -0.05) is 37.2 Å². The summed E-state index contributed by atoms with van der Waals surface area (Å²) in [7, 11) is 0. The number of amides is 1. The van der Waals surface area contributed by atoms with Gasteiger partial charge in [0.25, 0.3) is 5.91 Å². The second-order valence-electron chi connectivity index (χ2n) is 3.28. The van der Waals surface area contributed by atoms with Crippen molar-refractivity contribution in [1.29, 1.82) is 0 Å². The van der Waals surface area contributed by atoms with E-state index in [9.17, 15) is 4.79 Å². The fraction of sp³-hybridized carbons (Fsp3) is 0.308. The van der Waals surface area contributed by atoms with Crippen molar-refractivity contribution in [3.05, 3.63) is 47.6 Å². The molecular formula is C13H17N3O2. The molecule has 5 heteroatoms. The molecule has 2 aromatic rings. The van der Waals surface area contributed by atoms with Gasteiger partial charge in [-0.15, -0.1) is 0 Å². The second kappa shape index (κ2) is 7.21. The molecule has 0 spiro atoms. The largest absolute Gasteiger partial charge is 0.345 e. The van der Waals surface area contributed by atoms with E-state index < -0.39 is 0 Å².